The fraction of sp³-hybridized carbons (Fsp3) is 0.240. The Morgan fingerprint density at radius 1 is 0.938 bits per heavy atom. The molecule has 1 N–H and O–H groups in total. The van der Waals surface area contributed by atoms with Crippen LogP contribution in [0, 0.1) is 6.92 Å². The molecule has 0 amide bonds. The van der Waals surface area contributed by atoms with Crippen molar-refractivity contribution >= 4 is 22.5 Å². The van der Waals surface area contributed by atoms with Crippen LogP contribution in [0.2, 0.25) is 0 Å². The summed E-state index contributed by atoms with van der Waals surface area (Å²) in [4.78, 5) is 9.88. The van der Waals surface area contributed by atoms with Gasteiger partial charge in [0.05, 0.1) is 23.9 Å². The highest BCUT2D eigenvalue weighted by Gasteiger charge is 2.23. The lowest BCUT2D eigenvalue weighted by molar-refractivity contribution is 0.415. The van der Waals surface area contributed by atoms with Crippen molar-refractivity contribution in [2.45, 2.75) is 33.2 Å². The maximum Gasteiger partial charge on any atom is 0.168 e. The van der Waals surface area contributed by atoms with Gasteiger partial charge in [0.15, 0.2) is 11.3 Å². The van der Waals surface area contributed by atoms with Crippen molar-refractivity contribution < 1.29 is 4.74 Å². The molecule has 0 spiro atoms. The zero-order valence-corrected chi connectivity index (χ0v) is 18.9. The first-order valence-electron chi connectivity index (χ1n) is 10.6. The molecule has 0 aliphatic heterocycles. The Balaban J connectivity index is 1.79. The molecule has 0 aliphatic rings. The third kappa shape index (κ3) is 3.36. The molecule has 3 heterocycles. The lowest BCUT2D eigenvalue weighted by atomic mass is 10.1. The lowest BCUT2D eigenvalue weighted by Gasteiger charge is -2.22. The van der Waals surface area contributed by atoms with E-state index >= 15 is 0 Å². The highest BCUT2D eigenvalue weighted by atomic mass is 16.5. The van der Waals surface area contributed by atoms with Crippen LogP contribution in [-0.2, 0) is 0 Å². The number of anilines is 1. The van der Waals surface area contributed by atoms with Crippen molar-refractivity contribution in [3.8, 4) is 22.7 Å². The second-order valence-electron chi connectivity index (χ2n) is 8.88. The van der Waals surface area contributed by atoms with E-state index in [0.717, 1.165) is 50.9 Å². The summed E-state index contributed by atoms with van der Waals surface area (Å²) in [5.41, 5.74) is 5.18. The van der Waals surface area contributed by atoms with Crippen molar-refractivity contribution in [2.24, 2.45) is 0 Å². The molecule has 2 aromatic carbocycles. The largest absolute Gasteiger partial charge is 0.497 e. The Labute approximate surface area is 186 Å². The van der Waals surface area contributed by atoms with Crippen molar-refractivity contribution in [3.63, 3.8) is 0 Å². The van der Waals surface area contributed by atoms with Crippen molar-refractivity contribution in [2.75, 3.05) is 12.4 Å². The average Bonchev–Trinajstić information content (AvgIpc) is 3.31. The van der Waals surface area contributed by atoms with Crippen LogP contribution >= 0.6 is 0 Å². The summed E-state index contributed by atoms with van der Waals surface area (Å²) in [7, 11) is 1.67. The van der Waals surface area contributed by atoms with Crippen LogP contribution in [0.25, 0.3) is 33.6 Å². The Morgan fingerprint density at radius 2 is 1.66 bits per heavy atom. The van der Waals surface area contributed by atoms with Gasteiger partial charge in [0.25, 0.3) is 0 Å². The van der Waals surface area contributed by atoms with E-state index in [1.54, 1.807) is 7.11 Å². The minimum Gasteiger partial charge on any atom is -0.497 e. The van der Waals surface area contributed by atoms with Gasteiger partial charge in [-0.2, -0.15) is 5.10 Å². The SMILES string of the molecule is COc1ccc(-c2nc3c4c(C)nn(-c5ccccc5)c4ncn3c2NC(C)(C)C)cc1. The number of rotatable bonds is 4. The molecule has 32 heavy (non-hydrogen) atoms. The van der Waals surface area contributed by atoms with Crippen LogP contribution in [0.15, 0.2) is 60.9 Å². The number of para-hydroxylation sites is 1. The maximum atomic E-state index is 5.33. The van der Waals surface area contributed by atoms with E-state index in [4.69, 9.17) is 19.8 Å². The number of hydrogen-bond donors (Lipinski definition) is 1. The predicted molar refractivity (Wildman–Crippen MR) is 128 cm³/mol. The summed E-state index contributed by atoms with van der Waals surface area (Å²) in [5, 5.41) is 9.35. The molecule has 5 rings (SSSR count). The molecular weight excluding hydrogens is 400 g/mol. The second-order valence-corrected chi connectivity index (χ2v) is 8.88. The zero-order valence-electron chi connectivity index (χ0n) is 18.9. The monoisotopic (exact) mass is 426 g/mol. The van der Waals surface area contributed by atoms with Crippen LogP contribution in [0.3, 0.4) is 0 Å². The number of nitrogens with one attached hydrogen (secondary N) is 1. The number of benzene rings is 2. The van der Waals surface area contributed by atoms with Gasteiger partial charge in [-0.05, 0) is 64.1 Å². The van der Waals surface area contributed by atoms with Crippen LogP contribution in [0.1, 0.15) is 26.5 Å². The van der Waals surface area contributed by atoms with Gasteiger partial charge in [0.1, 0.15) is 23.6 Å². The third-order valence-corrected chi connectivity index (χ3v) is 5.32. The van der Waals surface area contributed by atoms with Crippen LogP contribution in [0.4, 0.5) is 5.82 Å². The Morgan fingerprint density at radius 3 is 2.31 bits per heavy atom. The summed E-state index contributed by atoms with van der Waals surface area (Å²) >= 11 is 0. The number of nitrogens with zero attached hydrogens (tertiary/aromatic N) is 5. The molecular formula is C25H26N6O. The molecule has 0 bridgehead atoms. The maximum absolute atomic E-state index is 5.33. The van der Waals surface area contributed by atoms with E-state index in [1.165, 1.54) is 0 Å². The molecule has 7 heteroatoms. The van der Waals surface area contributed by atoms with Crippen LogP contribution in [0.5, 0.6) is 5.75 Å². The highest BCUT2D eigenvalue weighted by Crippen LogP contribution is 2.34. The molecule has 0 radical (unpaired) electrons. The number of methoxy groups -OCH3 is 1. The summed E-state index contributed by atoms with van der Waals surface area (Å²) in [6.07, 6.45) is 1.83. The van der Waals surface area contributed by atoms with E-state index < -0.39 is 0 Å². The molecule has 0 unspecified atom stereocenters. The second kappa shape index (κ2) is 7.37. The minimum absolute atomic E-state index is 0.157. The normalized spacial score (nSPS) is 11.9. The number of hydrogen-bond acceptors (Lipinski definition) is 5. The number of aryl methyl sites for hydroxylation is 1. The van der Waals surface area contributed by atoms with E-state index in [1.807, 2.05) is 76.9 Å². The lowest BCUT2D eigenvalue weighted by Crippen LogP contribution is -2.27. The molecule has 0 saturated carbocycles. The molecule has 0 fully saturated rings. The van der Waals surface area contributed by atoms with Crippen molar-refractivity contribution in [1.29, 1.82) is 0 Å². The molecule has 0 aliphatic carbocycles. The Hall–Kier alpha value is -3.87. The molecule has 0 atom stereocenters. The molecule has 3 aromatic heterocycles. The van der Waals surface area contributed by atoms with Crippen LogP contribution < -0.4 is 10.1 Å². The number of imidazole rings is 1. The molecule has 0 saturated heterocycles. The van der Waals surface area contributed by atoms with E-state index in [-0.39, 0.29) is 5.54 Å². The summed E-state index contributed by atoms with van der Waals surface area (Å²) < 4.78 is 9.23. The topological polar surface area (TPSA) is 69.3 Å². The van der Waals surface area contributed by atoms with E-state index in [9.17, 15) is 0 Å². The Kier molecular flexibility index (Phi) is 4.62. The first-order valence-corrected chi connectivity index (χ1v) is 10.6. The average molecular weight is 427 g/mol. The van der Waals surface area contributed by atoms with E-state index in [2.05, 4.69) is 26.1 Å². The smallest absolute Gasteiger partial charge is 0.168 e. The van der Waals surface area contributed by atoms with Gasteiger partial charge in [-0.3, -0.25) is 4.40 Å². The van der Waals surface area contributed by atoms with Gasteiger partial charge in [-0.15, -0.1) is 0 Å². The van der Waals surface area contributed by atoms with Gasteiger partial charge >= 0.3 is 0 Å². The van der Waals surface area contributed by atoms with Gasteiger partial charge in [0, 0.05) is 11.1 Å². The third-order valence-electron chi connectivity index (χ3n) is 5.32. The fourth-order valence-electron chi connectivity index (χ4n) is 3.90. The highest BCUT2D eigenvalue weighted by molar-refractivity contribution is 5.95. The first kappa shape index (κ1) is 20.1. The van der Waals surface area contributed by atoms with Crippen molar-refractivity contribution in [3.05, 3.63) is 66.6 Å². The number of aromatic nitrogens is 5. The molecule has 162 valence electrons. The van der Waals surface area contributed by atoms with Crippen LogP contribution in [-0.4, -0.2) is 36.8 Å². The molecule has 7 nitrogen and oxygen atoms in total. The van der Waals surface area contributed by atoms with Gasteiger partial charge in [-0.25, -0.2) is 14.6 Å². The van der Waals surface area contributed by atoms with Crippen molar-refractivity contribution in [1.82, 2.24) is 24.1 Å². The minimum atomic E-state index is -0.157. The summed E-state index contributed by atoms with van der Waals surface area (Å²) in [6, 6.07) is 18.0. The fourth-order valence-corrected chi connectivity index (χ4v) is 3.90. The standard InChI is InChI=1S/C25H26N6O/c1-16-20-22(31(29-16)18-9-7-6-8-10-18)26-15-30-23(20)27-21(24(30)28-25(2,3)4)17-11-13-19(32-5)14-12-17/h6-15,28H,1-5H3. The zero-order chi connectivity index (χ0) is 22.5. The number of fused-ring (bicyclic) bond motifs is 3. The quantitative estimate of drug-likeness (QED) is 0.424. The molecule has 5 aromatic rings. The summed E-state index contributed by atoms with van der Waals surface area (Å²) in [5.74, 6) is 1.71. The van der Waals surface area contributed by atoms with Gasteiger partial charge in [0.2, 0.25) is 0 Å². The number of ether oxygens (including phenoxy) is 1. The Bertz CT molecular complexity index is 1410. The van der Waals surface area contributed by atoms with E-state index in [0.29, 0.717) is 0 Å². The van der Waals surface area contributed by atoms with Gasteiger partial charge < -0.3 is 10.1 Å². The van der Waals surface area contributed by atoms with Gasteiger partial charge in [-0.1, -0.05) is 18.2 Å². The predicted octanol–water partition coefficient (Wildman–Crippen LogP) is 5.26. The summed E-state index contributed by atoms with van der Waals surface area (Å²) in [6.45, 7) is 8.40. The first-order chi connectivity index (χ1) is 15.4.